The fraction of sp³-hybridized carbons (Fsp3) is 0.545. The van der Waals surface area contributed by atoms with Crippen molar-refractivity contribution in [3.63, 3.8) is 0 Å². The third-order valence-electron chi connectivity index (χ3n) is 2.20. The number of nitrogens with one attached hydrogen (secondary N) is 1. The lowest BCUT2D eigenvalue weighted by Crippen LogP contribution is -2.25. The van der Waals surface area contributed by atoms with E-state index in [1.807, 2.05) is 6.92 Å². The summed E-state index contributed by atoms with van der Waals surface area (Å²) in [4.78, 5) is 10.6. The van der Waals surface area contributed by atoms with Gasteiger partial charge in [-0.05, 0) is 12.5 Å². The zero-order chi connectivity index (χ0) is 12.0. The Bertz CT molecular complexity index is 334. The average Bonchev–Trinajstić information content (AvgIpc) is 2.67. The van der Waals surface area contributed by atoms with Crippen LogP contribution in [0.1, 0.15) is 35.9 Å². The van der Waals surface area contributed by atoms with E-state index in [1.165, 1.54) is 12.3 Å². The second kappa shape index (κ2) is 6.30. The molecule has 0 aliphatic carbocycles. The smallest absolute Gasteiger partial charge is 0.338 e. The molecule has 90 valence electrons. The Hall–Kier alpha value is -1.33. The molecular weight excluding hydrogens is 210 g/mol. The molecule has 1 heterocycles. The van der Waals surface area contributed by atoms with Crippen molar-refractivity contribution in [1.82, 2.24) is 5.32 Å². The van der Waals surface area contributed by atoms with Gasteiger partial charge in [0.05, 0.1) is 18.2 Å². The van der Waals surface area contributed by atoms with Gasteiger partial charge in [0.1, 0.15) is 12.0 Å². The van der Waals surface area contributed by atoms with Crippen LogP contribution < -0.4 is 5.32 Å². The van der Waals surface area contributed by atoms with Crippen molar-refractivity contribution in [2.75, 3.05) is 6.54 Å². The number of hydrogen-bond donors (Lipinski definition) is 3. The topological polar surface area (TPSA) is 82.7 Å². The number of carbonyl (C=O) groups is 1. The minimum absolute atomic E-state index is 0.144. The van der Waals surface area contributed by atoms with Crippen LogP contribution >= 0.6 is 0 Å². The highest BCUT2D eigenvalue weighted by molar-refractivity contribution is 5.87. The minimum Gasteiger partial charge on any atom is -0.478 e. The SMILES string of the molecule is CCCC(O)CNCc1cc(C(=O)O)co1. The molecule has 1 aromatic heterocycles. The molecule has 0 saturated heterocycles. The summed E-state index contributed by atoms with van der Waals surface area (Å²) in [5.74, 6) is -0.442. The van der Waals surface area contributed by atoms with Gasteiger partial charge in [-0.15, -0.1) is 0 Å². The van der Waals surface area contributed by atoms with Crippen molar-refractivity contribution in [3.8, 4) is 0 Å². The Kier molecular flexibility index (Phi) is 5.01. The Morgan fingerprint density at radius 1 is 1.62 bits per heavy atom. The monoisotopic (exact) mass is 227 g/mol. The highest BCUT2D eigenvalue weighted by atomic mass is 16.4. The molecule has 0 radical (unpaired) electrons. The van der Waals surface area contributed by atoms with E-state index in [0.29, 0.717) is 18.8 Å². The summed E-state index contributed by atoms with van der Waals surface area (Å²) in [6, 6.07) is 1.47. The molecule has 1 aromatic rings. The van der Waals surface area contributed by atoms with Crippen LogP contribution in [-0.2, 0) is 6.54 Å². The fourth-order valence-electron chi connectivity index (χ4n) is 1.38. The molecule has 0 aliphatic rings. The van der Waals surface area contributed by atoms with Gasteiger partial charge in [0.25, 0.3) is 0 Å². The Morgan fingerprint density at radius 2 is 2.38 bits per heavy atom. The van der Waals surface area contributed by atoms with Crippen LogP contribution in [0.25, 0.3) is 0 Å². The molecule has 1 atom stereocenters. The van der Waals surface area contributed by atoms with Crippen LogP contribution in [0.4, 0.5) is 0 Å². The molecule has 0 spiro atoms. The molecule has 0 fully saturated rings. The van der Waals surface area contributed by atoms with E-state index in [9.17, 15) is 9.90 Å². The predicted octanol–water partition coefficient (Wildman–Crippen LogP) is 1.23. The van der Waals surface area contributed by atoms with E-state index in [-0.39, 0.29) is 11.7 Å². The third-order valence-corrected chi connectivity index (χ3v) is 2.20. The Morgan fingerprint density at radius 3 is 2.94 bits per heavy atom. The van der Waals surface area contributed by atoms with E-state index >= 15 is 0 Å². The zero-order valence-electron chi connectivity index (χ0n) is 9.27. The molecule has 1 unspecified atom stereocenters. The highest BCUT2D eigenvalue weighted by Crippen LogP contribution is 2.07. The van der Waals surface area contributed by atoms with E-state index in [4.69, 9.17) is 9.52 Å². The highest BCUT2D eigenvalue weighted by Gasteiger charge is 2.08. The van der Waals surface area contributed by atoms with Crippen molar-refractivity contribution >= 4 is 5.97 Å². The molecule has 0 aliphatic heterocycles. The molecule has 0 saturated carbocycles. The van der Waals surface area contributed by atoms with Crippen LogP contribution in [0.15, 0.2) is 16.7 Å². The molecule has 3 N–H and O–H groups in total. The van der Waals surface area contributed by atoms with Crippen LogP contribution in [0.3, 0.4) is 0 Å². The van der Waals surface area contributed by atoms with Gasteiger partial charge < -0.3 is 19.9 Å². The first-order valence-corrected chi connectivity index (χ1v) is 5.33. The molecule has 0 amide bonds. The minimum atomic E-state index is -0.999. The van der Waals surface area contributed by atoms with E-state index in [0.717, 1.165) is 12.8 Å². The maximum absolute atomic E-state index is 10.6. The van der Waals surface area contributed by atoms with Gasteiger partial charge in [-0.1, -0.05) is 13.3 Å². The van der Waals surface area contributed by atoms with Crippen molar-refractivity contribution < 1.29 is 19.4 Å². The molecule has 0 bridgehead atoms. The summed E-state index contributed by atoms with van der Waals surface area (Å²) >= 11 is 0. The molecule has 16 heavy (non-hydrogen) atoms. The number of furan rings is 1. The number of rotatable bonds is 7. The largest absolute Gasteiger partial charge is 0.478 e. The fourth-order valence-corrected chi connectivity index (χ4v) is 1.38. The van der Waals surface area contributed by atoms with Gasteiger partial charge in [-0.25, -0.2) is 4.79 Å². The Labute approximate surface area is 94.1 Å². The molecule has 5 heteroatoms. The quantitative estimate of drug-likeness (QED) is 0.652. The van der Waals surface area contributed by atoms with Crippen LogP contribution in [0, 0.1) is 0 Å². The van der Waals surface area contributed by atoms with Crippen molar-refractivity contribution in [3.05, 3.63) is 23.7 Å². The summed E-state index contributed by atoms with van der Waals surface area (Å²) in [5.41, 5.74) is 0.144. The lowest BCUT2D eigenvalue weighted by Gasteiger charge is -2.09. The van der Waals surface area contributed by atoms with Crippen molar-refractivity contribution in [1.29, 1.82) is 0 Å². The lowest BCUT2D eigenvalue weighted by molar-refractivity contribution is 0.0696. The van der Waals surface area contributed by atoms with Crippen LogP contribution in [0.5, 0.6) is 0 Å². The van der Waals surface area contributed by atoms with Crippen LogP contribution in [-0.4, -0.2) is 28.8 Å². The molecule has 5 nitrogen and oxygen atoms in total. The zero-order valence-corrected chi connectivity index (χ0v) is 9.27. The summed E-state index contributed by atoms with van der Waals surface area (Å²) in [5, 5.41) is 21.1. The van der Waals surface area contributed by atoms with Gasteiger partial charge in [0, 0.05) is 6.54 Å². The van der Waals surface area contributed by atoms with Crippen molar-refractivity contribution in [2.24, 2.45) is 0 Å². The normalized spacial score (nSPS) is 12.6. The standard InChI is InChI=1S/C11H17NO4/c1-2-3-9(13)5-12-6-10-4-8(7-16-10)11(14)15/h4,7,9,12-13H,2-3,5-6H2,1H3,(H,14,15). The number of aromatic carboxylic acids is 1. The average molecular weight is 227 g/mol. The predicted molar refractivity (Wildman–Crippen MR) is 58.3 cm³/mol. The number of aliphatic hydroxyl groups is 1. The van der Waals surface area contributed by atoms with Gasteiger partial charge in [-0.3, -0.25) is 0 Å². The molecular formula is C11H17NO4. The van der Waals surface area contributed by atoms with E-state index in [2.05, 4.69) is 5.32 Å². The summed E-state index contributed by atoms with van der Waals surface area (Å²) < 4.78 is 5.04. The summed E-state index contributed by atoms with van der Waals surface area (Å²) in [6.07, 6.45) is 2.54. The van der Waals surface area contributed by atoms with Gasteiger partial charge >= 0.3 is 5.97 Å². The number of aliphatic hydroxyl groups excluding tert-OH is 1. The van der Waals surface area contributed by atoms with E-state index < -0.39 is 5.97 Å². The summed E-state index contributed by atoms with van der Waals surface area (Å²) in [6.45, 7) is 2.92. The number of carboxylic acid groups (broad SMARTS) is 1. The first-order chi connectivity index (χ1) is 7.63. The van der Waals surface area contributed by atoms with Crippen LogP contribution in [0.2, 0.25) is 0 Å². The number of carboxylic acids is 1. The third kappa shape index (κ3) is 4.04. The van der Waals surface area contributed by atoms with Gasteiger partial charge in [0.15, 0.2) is 0 Å². The lowest BCUT2D eigenvalue weighted by atomic mass is 10.2. The second-order valence-electron chi connectivity index (χ2n) is 3.68. The number of hydrogen-bond acceptors (Lipinski definition) is 4. The first kappa shape index (κ1) is 12.7. The van der Waals surface area contributed by atoms with E-state index in [1.54, 1.807) is 0 Å². The first-order valence-electron chi connectivity index (χ1n) is 5.33. The maximum atomic E-state index is 10.6. The second-order valence-corrected chi connectivity index (χ2v) is 3.68. The van der Waals surface area contributed by atoms with Gasteiger partial charge in [-0.2, -0.15) is 0 Å². The Balaban J connectivity index is 2.29. The molecule has 0 aromatic carbocycles. The van der Waals surface area contributed by atoms with Crippen molar-refractivity contribution in [2.45, 2.75) is 32.4 Å². The van der Waals surface area contributed by atoms with Gasteiger partial charge in [0.2, 0.25) is 0 Å². The summed E-state index contributed by atoms with van der Waals surface area (Å²) in [7, 11) is 0. The maximum Gasteiger partial charge on any atom is 0.338 e. The molecule has 1 rings (SSSR count).